The van der Waals surface area contributed by atoms with Gasteiger partial charge in [0, 0.05) is 31.0 Å². The van der Waals surface area contributed by atoms with Crippen molar-refractivity contribution in [1.82, 2.24) is 14.5 Å². The Bertz CT molecular complexity index is 1050. The number of likely N-dealkylation sites (tertiary alicyclic amines) is 1. The summed E-state index contributed by atoms with van der Waals surface area (Å²) in [7, 11) is 0. The minimum absolute atomic E-state index is 0.127. The molecule has 164 valence electrons. The predicted octanol–water partition coefficient (Wildman–Crippen LogP) is 5.18. The second-order valence-corrected chi connectivity index (χ2v) is 9.39. The number of imidazole rings is 1. The van der Waals surface area contributed by atoms with Crippen LogP contribution in [0.25, 0.3) is 11.0 Å². The lowest BCUT2D eigenvalue weighted by molar-refractivity contribution is -0.131. The maximum absolute atomic E-state index is 12.7. The van der Waals surface area contributed by atoms with Crippen LogP contribution in [0.1, 0.15) is 57.8 Å². The number of para-hydroxylation sites is 2. The van der Waals surface area contributed by atoms with E-state index >= 15 is 0 Å². The van der Waals surface area contributed by atoms with Crippen LogP contribution >= 0.6 is 0 Å². The topological polar surface area (TPSA) is 47.4 Å². The number of hydrogen-bond donors (Lipinski definition) is 0. The van der Waals surface area contributed by atoms with Crippen LogP contribution in [0.4, 0.5) is 0 Å². The minimum Gasteiger partial charge on any atom is -0.494 e. The first-order valence-corrected chi connectivity index (χ1v) is 11.3. The van der Waals surface area contributed by atoms with Gasteiger partial charge >= 0.3 is 0 Å². The number of aromatic nitrogens is 2. The molecule has 5 heteroatoms. The number of fused-ring (bicyclic) bond motifs is 1. The van der Waals surface area contributed by atoms with Crippen LogP contribution in [0.15, 0.2) is 48.5 Å². The zero-order chi connectivity index (χ0) is 22.0. The minimum atomic E-state index is -0.163. The summed E-state index contributed by atoms with van der Waals surface area (Å²) in [6.07, 6.45) is 2.44. The number of aryl methyl sites for hydroxylation is 2. The fourth-order valence-electron chi connectivity index (χ4n) is 4.40. The lowest BCUT2D eigenvalue weighted by atomic mass is 10.1. The summed E-state index contributed by atoms with van der Waals surface area (Å²) in [5.74, 6) is 2.28. The summed E-state index contributed by atoms with van der Waals surface area (Å²) in [5, 5.41) is 0. The molecular formula is C26H33N3O2. The molecule has 2 aromatic carbocycles. The molecule has 31 heavy (non-hydrogen) atoms. The maximum Gasteiger partial charge on any atom is 0.223 e. The van der Waals surface area contributed by atoms with Crippen molar-refractivity contribution in [2.45, 2.75) is 65.0 Å². The largest absolute Gasteiger partial charge is 0.494 e. The van der Waals surface area contributed by atoms with Gasteiger partial charge in [-0.2, -0.15) is 0 Å². The Morgan fingerprint density at radius 2 is 1.84 bits per heavy atom. The molecule has 2 heterocycles. The Balaban J connectivity index is 1.48. The van der Waals surface area contributed by atoms with E-state index in [9.17, 15) is 4.79 Å². The summed E-state index contributed by atoms with van der Waals surface area (Å²) in [4.78, 5) is 19.6. The number of rotatable bonds is 7. The van der Waals surface area contributed by atoms with Gasteiger partial charge in [-0.25, -0.2) is 4.98 Å². The molecule has 1 aromatic heterocycles. The van der Waals surface area contributed by atoms with Crippen molar-refractivity contribution in [3.63, 3.8) is 0 Å². The first-order chi connectivity index (χ1) is 14.9. The maximum atomic E-state index is 12.7. The molecule has 1 aliphatic rings. The van der Waals surface area contributed by atoms with Gasteiger partial charge in [0.25, 0.3) is 0 Å². The SMILES string of the molecule is CCc1ccc(OCCCn2c(C3CC(=O)N(C(C)(C)C)C3)nc3ccccc32)cc1. The summed E-state index contributed by atoms with van der Waals surface area (Å²) in [6.45, 7) is 10.6. The second-order valence-electron chi connectivity index (χ2n) is 9.39. The van der Waals surface area contributed by atoms with E-state index < -0.39 is 0 Å². The van der Waals surface area contributed by atoms with Crippen LogP contribution in [0, 0.1) is 0 Å². The number of nitrogens with zero attached hydrogens (tertiary/aromatic N) is 3. The van der Waals surface area contributed by atoms with Crippen LogP contribution < -0.4 is 4.74 Å². The number of carbonyl (C=O) groups is 1. The Labute approximate surface area is 185 Å². The first kappa shape index (κ1) is 21.4. The molecule has 0 aliphatic carbocycles. The molecule has 1 amide bonds. The molecule has 3 aromatic rings. The van der Waals surface area contributed by atoms with Gasteiger partial charge in [0.05, 0.1) is 17.6 Å². The van der Waals surface area contributed by atoms with E-state index in [1.807, 2.05) is 23.1 Å². The Kier molecular flexibility index (Phi) is 6.03. The van der Waals surface area contributed by atoms with Crippen LogP contribution in [0.2, 0.25) is 0 Å². The molecule has 0 saturated carbocycles. The zero-order valence-electron chi connectivity index (χ0n) is 19.1. The Morgan fingerprint density at radius 3 is 2.52 bits per heavy atom. The number of ether oxygens (including phenoxy) is 1. The molecule has 1 aliphatic heterocycles. The molecule has 0 bridgehead atoms. The smallest absolute Gasteiger partial charge is 0.223 e. The monoisotopic (exact) mass is 419 g/mol. The fourth-order valence-corrected chi connectivity index (χ4v) is 4.40. The highest BCUT2D eigenvalue weighted by molar-refractivity contribution is 5.81. The first-order valence-electron chi connectivity index (χ1n) is 11.3. The van der Waals surface area contributed by atoms with Gasteiger partial charge in [-0.3, -0.25) is 4.79 Å². The number of benzene rings is 2. The van der Waals surface area contributed by atoms with E-state index in [-0.39, 0.29) is 17.4 Å². The molecular weight excluding hydrogens is 386 g/mol. The second kappa shape index (κ2) is 8.74. The van der Waals surface area contributed by atoms with Crippen molar-refractivity contribution in [1.29, 1.82) is 0 Å². The van der Waals surface area contributed by atoms with Gasteiger partial charge in [0.1, 0.15) is 11.6 Å². The molecule has 1 fully saturated rings. The van der Waals surface area contributed by atoms with Crippen molar-refractivity contribution >= 4 is 16.9 Å². The van der Waals surface area contributed by atoms with Crippen LogP contribution in [0.3, 0.4) is 0 Å². The lowest BCUT2D eigenvalue weighted by Gasteiger charge is -2.32. The number of hydrogen-bond acceptors (Lipinski definition) is 3. The number of amides is 1. The fraction of sp³-hybridized carbons (Fsp3) is 0.462. The molecule has 0 spiro atoms. The third-order valence-electron chi connectivity index (χ3n) is 6.11. The predicted molar refractivity (Wildman–Crippen MR) is 124 cm³/mol. The Morgan fingerprint density at radius 1 is 1.10 bits per heavy atom. The van der Waals surface area contributed by atoms with Gasteiger partial charge < -0.3 is 14.2 Å². The average molecular weight is 420 g/mol. The standard InChI is InChI=1S/C26H33N3O2/c1-5-19-11-13-21(14-12-19)31-16-8-15-28-23-10-7-6-9-22(23)27-25(28)20-17-24(30)29(18-20)26(2,3)4/h6-7,9-14,20H,5,8,15-18H2,1-4H3. The quantitative estimate of drug-likeness (QED) is 0.496. The van der Waals surface area contributed by atoms with Crippen LogP contribution in [-0.2, 0) is 17.8 Å². The summed E-state index contributed by atoms with van der Waals surface area (Å²) >= 11 is 0. The molecule has 1 atom stereocenters. The molecule has 4 rings (SSSR count). The van der Waals surface area contributed by atoms with Crippen molar-refractivity contribution in [2.75, 3.05) is 13.2 Å². The van der Waals surface area contributed by atoms with E-state index in [4.69, 9.17) is 9.72 Å². The van der Waals surface area contributed by atoms with Crippen molar-refractivity contribution in [2.24, 2.45) is 0 Å². The van der Waals surface area contributed by atoms with Gasteiger partial charge in [-0.05, 0) is 63.4 Å². The summed E-state index contributed by atoms with van der Waals surface area (Å²) < 4.78 is 8.26. The van der Waals surface area contributed by atoms with Gasteiger partial charge in [-0.15, -0.1) is 0 Å². The third-order valence-corrected chi connectivity index (χ3v) is 6.11. The van der Waals surface area contributed by atoms with E-state index in [0.29, 0.717) is 13.0 Å². The molecule has 1 saturated heterocycles. The molecule has 0 N–H and O–H groups in total. The summed E-state index contributed by atoms with van der Waals surface area (Å²) in [6, 6.07) is 16.6. The highest BCUT2D eigenvalue weighted by Gasteiger charge is 2.38. The van der Waals surface area contributed by atoms with Crippen molar-refractivity contribution in [3.8, 4) is 5.75 Å². The van der Waals surface area contributed by atoms with Crippen LogP contribution in [0.5, 0.6) is 5.75 Å². The zero-order valence-corrected chi connectivity index (χ0v) is 19.1. The summed E-state index contributed by atoms with van der Waals surface area (Å²) in [5.41, 5.74) is 3.28. The third kappa shape index (κ3) is 4.60. The van der Waals surface area contributed by atoms with E-state index in [2.05, 4.69) is 62.6 Å². The van der Waals surface area contributed by atoms with E-state index in [0.717, 1.165) is 48.5 Å². The molecule has 0 radical (unpaired) electrons. The highest BCUT2D eigenvalue weighted by Crippen LogP contribution is 2.34. The van der Waals surface area contributed by atoms with Crippen molar-refractivity contribution < 1.29 is 9.53 Å². The van der Waals surface area contributed by atoms with Crippen LogP contribution in [-0.4, -0.2) is 39.0 Å². The lowest BCUT2D eigenvalue weighted by Crippen LogP contribution is -2.42. The average Bonchev–Trinajstić information content (AvgIpc) is 3.32. The Hall–Kier alpha value is -2.82. The normalized spacial score (nSPS) is 17.0. The van der Waals surface area contributed by atoms with Crippen molar-refractivity contribution in [3.05, 3.63) is 59.9 Å². The highest BCUT2D eigenvalue weighted by atomic mass is 16.5. The van der Waals surface area contributed by atoms with E-state index in [1.165, 1.54) is 5.56 Å². The molecule has 1 unspecified atom stereocenters. The van der Waals surface area contributed by atoms with E-state index in [1.54, 1.807) is 0 Å². The van der Waals surface area contributed by atoms with Gasteiger partial charge in [-0.1, -0.05) is 31.2 Å². The van der Waals surface area contributed by atoms with Gasteiger partial charge in [0.15, 0.2) is 0 Å². The van der Waals surface area contributed by atoms with Gasteiger partial charge in [0.2, 0.25) is 5.91 Å². The molecule has 5 nitrogen and oxygen atoms in total. The number of carbonyl (C=O) groups excluding carboxylic acids is 1.